The first-order chi connectivity index (χ1) is 20.2. The molecule has 2 aromatic carbocycles. The quantitative estimate of drug-likeness (QED) is 0.198. The number of carbonyl (C=O) groups excluding carboxylic acids is 1. The van der Waals surface area contributed by atoms with Crippen LogP contribution in [0.2, 0.25) is 15.1 Å². The topological polar surface area (TPSA) is 153 Å². The number of carboxylic acids is 1. The van der Waals surface area contributed by atoms with Crippen LogP contribution in [-0.2, 0) is 21.4 Å². The number of sulfonamides is 1. The minimum absolute atomic E-state index is 0.00835. The second kappa shape index (κ2) is 14.4. The second-order valence-electron chi connectivity index (χ2n) is 8.14. The van der Waals surface area contributed by atoms with E-state index in [0.29, 0.717) is 24.4 Å². The van der Waals surface area contributed by atoms with Crippen molar-refractivity contribution >= 4 is 62.4 Å². The molecule has 18 heteroatoms. The second-order valence-corrected chi connectivity index (χ2v) is 11.1. The van der Waals surface area contributed by atoms with E-state index in [1.807, 2.05) is 6.20 Å². The summed E-state index contributed by atoms with van der Waals surface area (Å²) in [6.45, 7) is 0.957. The van der Waals surface area contributed by atoms with Gasteiger partial charge in [0.15, 0.2) is 0 Å². The predicted molar refractivity (Wildman–Crippen MR) is 151 cm³/mol. The number of nitrogens with one attached hydrogen (secondary N) is 2. The van der Waals surface area contributed by atoms with Crippen LogP contribution < -0.4 is 14.8 Å². The fourth-order valence-corrected chi connectivity index (χ4v) is 4.63. The lowest BCUT2D eigenvalue weighted by molar-refractivity contribution is -0.192. The van der Waals surface area contributed by atoms with E-state index in [4.69, 9.17) is 49.4 Å². The molecule has 3 N–H and O–H groups in total. The number of aliphatic carboxylic acids is 1. The van der Waals surface area contributed by atoms with Gasteiger partial charge in [0, 0.05) is 30.7 Å². The van der Waals surface area contributed by atoms with Gasteiger partial charge >= 0.3 is 12.1 Å². The molecule has 0 aliphatic heterocycles. The van der Waals surface area contributed by atoms with E-state index in [0.717, 1.165) is 0 Å². The summed E-state index contributed by atoms with van der Waals surface area (Å²) in [5, 5.41) is 14.5. The number of carboxylic acid groups (broad SMARTS) is 1. The Labute approximate surface area is 257 Å². The molecule has 0 unspecified atom stereocenters. The van der Waals surface area contributed by atoms with Gasteiger partial charge in [-0.2, -0.15) is 18.3 Å². The van der Waals surface area contributed by atoms with Crippen LogP contribution in [0.1, 0.15) is 10.4 Å². The molecular formula is C25H19Cl3F3N5O6S. The summed E-state index contributed by atoms with van der Waals surface area (Å²) in [4.78, 5) is 25.2. The molecule has 228 valence electrons. The summed E-state index contributed by atoms with van der Waals surface area (Å²) in [7, 11) is -4.06. The van der Waals surface area contributed by atoms with Gasteiger partial charge in [-0.15, -0.1) is 0 Å². The highest BCUT2D eigenvalue weighted by Crippen LogP contribution is 2.32. The van der Waals surface area contributed by atoms with E-state index in [1.54, 1.807) is 41.2 Å². The maximum Gasteiger partial charge on any atom is 0.490 e. The zero-order valence-electron chi connectivity index (χ0n) is 21.3. The van der Waals surface area contributed by atoms with Crippen molar-refractivity contribution in [2.24, 2.45) is 0 Å². The standard InChI is InChI=1S/C23H18Cl3N5O4S.C2HF3O2/c24-16-12-21(30-36(33,34)18-6-7-19(25)20(26)13-18)23(28-14-16)35-17-4-2-15(3-5-17)22(32)27-9-11-31-10-1-8-29-31;3-2(4,5)1(6)7/h1-8,10,12-14,30H,9,11H2,(H,27,32);(H,6,7). The number of pyridine rings is 1. The van der Waals surface area contributed by atoms with Gasteiger partial charge < -0.3 is 15.2 Å². The fraction of sp³-hybridized carbons (Fsp3) is 0.120. The lowest BCUT2D eigenvalue weighted by atomic mass is 10.2. The smallest absolute Gasteiger partial charge is 0.475 e. The van der Waals surface area contributed by atoms with Crippen LogP contribution in [0, 0.1) is 0 Å². The van der Waals surface area contributed by atoms with Crippen molar-refractivity contribution in [3.8, 4) is 11.6 Å². The highest BCUT2D eigenvalue weighted by atomic mass is 35.5. The Balaban J connectivity index is 0.000000646. The fourth-order valence-electron chi connectivity index (χ4n) is 3.03. The Morgan fingerprint density at radius 1 is 1.02 bits per heavy atom. The van der Waals surface area contributed by atoms with E-state index < -0.39 is 22.2 Å². The van der Waals surface area contributed by atoms with Crippen molar-refractivity contribution in [3.05, 3.63) is 93.8 Å². The number of alkyl halides is 3. The number of rotatable bonds is 9. The minimum Gasteiger partial charge on any atom is -0.475 e. The van der Waals surface area contributed by atoms with E-state index in [2.05, 4.69) is 20.1 Å². The first-order valence-electron chi connectivity index (χ1n) is 11.6. The van der Waals surface area contributed by atoms with Crippen LogP contribution in [-0.4, -0.2) is 52.9 Å². The van der Waals surface area contributed by atoms with Crippen molar-refractivity contribution in [1.82, 2.24) is 20.1 Å². The van der Waals surface area contributed by atoms with Crippen LogP contribution in [0.5, 0.6) is 11.6 Å². The van der Waals surface area contributed by atoms with Crippen molar-refractivity contribution in [3.63, 3.8) is 0 Å². The highest BCUT2D eigenvalue weighted by molar-refractivity contribution is 7.92. The first-order valence-corrected chi connectivity index (χ1v) is 14.2. The first kappa shape index (κ1) is 33.5. The van der Waals surface area contributed by atoms with Crippen LogP contribution in [0.4, 0.5) is 18.9 Å². The molecule has 4 rings (SSSR count). The van der Waals surface area contributed by atoms with E-state index >= 15 is 0 Å². The molecule has 0 atom stereocenters. The third kappa shape index (κ3) is 10.0. The monoisotopic (exact) mass is 679 g/mol. The van der Waals surface area contributed by atoms with Crippen molar-refractivity contribution in [2.75, 3.05) is 11.3 Å². The van der Waals surface area contributed by atoms with Crippen LogP contribution in [0.3, 0.4) is 0 Å². The van der Waals surface area contributed by atoms with Gasteiger partial charge in [-0.05, 0) is 54.6 Å². The number of ether oxygens (including phenoxy) is 1. The summed E-state index contributed by atoms with van der Waals surface area (Å²) < 4.78 is 67.4. The molecule has 0 aliphatic carbocycles. The molecule has 0 bridgehead atoms. The molecule has 0 aliphatic rings. The maximum absolute atomic E-state index is 12.9. The zero-order chi connectivity index (χ0) is 31.8. The Bertz CT molecular complexity index is 1690. The van der Waals surface area contributed by atoms with Gasteiger partial charge in [0.25, 0.3) is 15.9 Å². The number of aromatic nitrogens is 3. The molecule has 2 heterocycles. The number of hydrogen-bond acceptors (Lipinski definition) is 7. The van der Waals surface area contributed by atoms with Gasteiger partial charge in [0.1, 0.15) is 11.4 Å². The lowest BCUT2D eigenvalue weighted by Crippen LogP contribution is -2.27. The van der Waals surface area contributed by atoms with Gasteiger partial charge in [-0.25, -0.2) is 18.2 Å². The van der Waals surface area contributed by atoms with Crippen molar-refractivity contribution in [2.45, 2.75) is 17.6 Å². The molecule has 11 nitrogen and oxygen atoms in total. The molecule has 0 spiro atoms. The number of hydrogen-bond donors (Lipinski definition) is 3. The predicted octanol–water partition coefficient (Wildman–Crippen LogP) is 5.89. The maximum atomic E-state index is 12.9. The number of halogens is 6. The summed E-state index contributed by atoms with van der Waals surface area (Å²) in [5.74, 6) is -2.73. The molecule has 0 saturated carbocycles. The molecular weight excluding hydrogens is 662 g/mol. The van der Waals surface area contributed by atoms with Gasteiger partial charge in [-0.3, -0.25) is 14.2 Å². The molecule has 0 saturated heterocycles. The summed E-state index contributed by atoms with van der Waals surface area (Å²) in [5.41, 5.74) is 0.432. The normalized spacial score (nSPS) is 11.2. The summed E-state index contributed by atoms with van der Waals surface area (Å²) in [6.07, 6.45) is -0.295. The Morgan fingerprint density at radius 2 is 1.70 bits per heavy atom. The number of carbonyl (C=O) groups is 2. The highest BCUT2D eigenvalue weighted by Gasteiger charge is 2.38. The molecule has 4 aromatic rings. The average molecular weight is 681 g/mol. The average Bonchev–Trinajstić information content (AvgIpc) is 3.45. The molecule has 43 heavy (non-hydrogen) atoms. The van der Waals surface area contributed by atoms with Gasteiger partial charge in [0.05, 0.1) is 26.5 Å². The van der Waals surface area contributed by atoms with Crippen LogP contribution >= 0.6 is 34.8 Å². The van der Waals surface area contributed by atoms with Crippen molar-refractivity contribution < 1.29 is 41.0 Å². The molecule has 0 fully saturated rings. The number of amides is 1. The lowest BCUT2D eigenvalue weighted by Gasteiger charge is -2.13. The largest absolute Gasteiger partial charge is 0.490 e. The zero-order valence-corrected chi connectivity index (χ0v) is 24.4. The Kier molecular flexibility index (Phi) is 11.2. The van der Waals surface area contributed by atoms with E-state index in [1.165, 1.54) is 30.5 Å². The third-order valence-corrected chi connectivity index (χ3v) is 7.33. The number of anilines is 1. The van der Waals surface area contributed by atoms with E-state index in [-0.39, 0.29) is 37.4 Å². The third-order valence-electron chi connectivity index (χ3n) is 5.02. The molecule has 1 amide bonds. The molecule has 0 radical (unpaired) electrons. The minimum atomic E-state index is -5.08. The van der Waals surface area contributed by atoms with Crippen LogP contribution in [0.25, 0.3) is 0 Å². The van der Waals surface area contributed by atoms with Crippen molar-refractivity contribution in [1.29, 1.82) is 0 Å². The van der Waals surface area contributed by atoms with Crippen LogP contribution in [0.15, 0.2) is 78.1 Å². The Morgan fingerprint density at radius 3 is 2.28 bits per heavy atom. The Hall–Kier alpha value is -4.05. The summed E-state index contributed by atoms with van der Waals surface area (Å²) >= 11 is 17.9. The van der Waals surface area contributed by atoms with E-state index in [9.17, 15) is 26.4 Å². The molecule has 2 aromatic heterocycles. The SMILES string of the molecule is O=C(NCCn1cccn1)c1ccc(Oc2ncc(Cl)cc2NS(=O)(=O)c2ccc(Cl)c(Cl)c2)cc1.O=C(O)C(F)(F)F. The van der Waals surface area contributed by atoms with Gasteiger partial charge in [0.2, 0.25) is 5.88 Å². The van der Waals surface area contributed by atoms with Gasteiger partial charge in [-0.1, -0.05) is 34.8 Å². The number of nitrogens with zero attached hydrogens (tertiary/aromatic N) is 3. The summed E-state index contributed by atoms with van der Waals surface area (Å²) in [6, 6.07) is 13.4. The number of benzene rings is 2.